The van der Waals surface area contributed by atoms with Crippen LogP contribution in [-0.4, -0.2) is 10.2 Å². The van der Waals surface area contributed by atoms with E-state index in [4.69, 9.17) is 4.42 Å². The van der Waals surface area contributed by atoms with E-state index in [0.717, 1.165) is 0 Å². The molecule has 0 amide bonds. The number of hydrogen-bond acceptors (Lipinski definition) is 3. The zero-order valence-electron chi connectivity index (χ0n) is 8.32. The van der Waals surface area contributed by atoms with Crippen LogP contribution in [-0.2, 0) is 6.42 Å². The van der Waals surface area contributed by atoms with Crippen LogP contribution in [0.4, 0.5) is 0 Å². The highest BCUT2D eigenvalue weighted by Crippen LogP contribution is 2.09. The van der Waals surface area contributed by atoms with Crippen LogP contribution in [0.5, 0.6) is 0 Å². The first-order valence-electron chi connectivity index (χ1n) is 4.58. The molecule has 0 bridgehead atoms. The van der Waals surface area contributed by atoms with Gasteiger partial charge in [-0.1, -0.05) is 29.8 Å². The lowest BCUT2D eigenvalue weighted by Gasteiger charge is -1.97. The summed E-state index contributed by atoms with van der Waals surface area (Å²) >= 11 is 0. The molecule has 0 radical (unpaired) electrons. The van der Waals surface area contributed by atoms with Gasteiger partial charge in [0.1, 0.15) is 0 Å². The Hall–Kier alpha value is -1.64. The molecule has 2 aromatic rings. The first-order chi connectivity index (χ1) is 6.74. The van der Waals surface area contributed by atoms with E-state index in [0.29, 0.717) is 18.2 Å². The molecular weight excluding hydrogens is 176 g/mol. The van der Waals surface area contributed by atoms with Gasteiger partial charge in [-0.25, -0.2) is 0 Å². The minimum atomic E-state index is 0.618. The van der Waals surface area contributed by atoms with Crippen molar-refractivity contribution in [2.24, 2.45) is 0 Å². The lowest BCUT2D eigenvalue weighted by molar-refractivity contribution is 0.477. The monoisotopic (exact) mass is 188 g/mol. The van der Waals surface area contributed by atoms with Gasteiger partial charge in [-0.2, -0.15) is 0 Å². The fraction of sp³-hybridized carbons (Fsp3) is 0.273. The van der Waals surface area contributed by atoms with Crippen LogP contribution in [0.2, 0.25) is 0 Å². The average molecular weight is 188 g/mol. The normalized spacial score (nSPS) is 10.4. The molecule has 0 saturated carbocycles. The molecule has 0 saturated heterocycles. The fourth-order valence-corrected chi connectivity index (χ4v) is 1.41. The molecule has 1 aromatic heterocycles. The molecule has 72 valence electrons. The summed E-state index contributed by atoms with van der Waals surface area (Å²) in [6.07, 6.45) is 0.711. The zero-order valence-corrected chi connectivity index (χ0v) is 8.32. The summed E-state index contributed by atoms with van der Waals surface area (Å²) in [6, 6.07) is 8.29. The Morgan fingerprint density at radius 3 is 2.71 bits per heavy atom. The van der Waals surface area contributed by atoms with E-state index in [1.165, 1.54) is 11.1 Å². The highest BCUT2D eigenvalue weighted by Gasteiger charge is 2.03. The summed E-state index contributed by atoms with van der Waals surface area (Å²) in [5.74, 6) is 1.29. The topological polar surface area (TPSA) is 38.9 Å². The van der Waals surface area contributed by atoms with Gasteiger partial charge < -0.3 is 4.42 Å². The molecular formula is C11H12N2O. The summed E-state index contributed by atoms with van der Waals surface area (Å²) in [4.78, 5) is 0. The first kappa shape index (κ1) is 8.94. The molecule has 0 fully saturated rings. The van der Waals surface area contributed by atoms with Crippen LogP contribution in [0.1, 0.15) is 22.9 Å². The fourth-order valence-electron chi connectivity index (χ4n) is 1.41. The number of aryl methyl sites for hydroxylation is 2. The van der Waals surface area contributed by atoms with Crippen molar-refractivity contribution in [1.82, 2.24) is 10.2 Å². The van der Waals surface area contributed by atoms with E-state index >= 15 is 0 Å². The second-order valence-corrected chi connectivity index (χ2v) is 3.38. The average Bonchev–Trinajstić information content (AvgIpc) is 2.51. The minimum absolute atomic E-state index is 0.618. The maximum absolute atomic E-state index is 5.31. The summed E-state index contributed by atoms with van der Waals surface area (Å²) in [6.45, 7) is 3.87. The Morgan fingerprint density at radius 1 is 1.21 bits per heavy atom. The van der Waals surface area contributed by atoms with E-state index < -0.39 is 0 Å². The Balaban J connectivity index is 2.18. The van der Waals surface area contributed by atoms with E-state index in [2.05, 4.69) is 35.3 Å². The number of rotatable bonds is 2. The van der Waals surface area contributed by atoms with Crippen molar-refractivity contribution in [3.05, 3.63) is 47.2 Å². The standard InChI is InChI=1S/C11H12N2O/c1-8-4-3-5-10(6-8)7-11-13-12-9(2)14-11/h3-6H,7H2,1-2H3. The van der Waals surface area contributed by atoms with Gasteiger partial charge in [-0.05, 0) is 12.5 Å². The molecule has 3 heteroatoms. The quantitative estimate of drug-likeness (QED) is 0.725. The molecule has 14 heavy (non-hydrogen) atoms. The smallest absolute Gasteiger partial charge is 0.220 e. The lowest BCUT2D eigenvalue weighted by Crippen LogP contribution is -1.88. The molecule has 0 aliphatic carbocycles. The number of benzene rings is 1. The summed E-state index contributed by atoms with van der Waals surface area (Å²) in [5, 5.41) is 7.74. The van der Waals surface area contributed by atoms with Gasteiger partial charge in [0, 0.05) is 6.92 Å². The number of aromatic nitrogens is 2. The predicted molar refractivity (Wildman–Crippen MR) is 53.0 cm³/mol. The van der Waals surface area contributed by atoms with Crippen LogP contribution in [0.25, 0.3) is 0 Å². The highest BCUT2D eigenvalue weighted by atomic mass is 16.4. The van der Waals surface area contributed by atoms with Crippen molar-refractivity contribution >= 4 is 0 Å². The van der Waals surface area contributed by atoms with Crippen LogP contribution in [0.3, 0.4) is 0 Å². The van der Waals surface area contributed by atoms with Crippen molar-refractivity contribution in [2.45, 2.75) is 20.3 Å². The summed E-state index contributed by atoms with van der Waals surface area (Å²) < 4.78 is 5.31. The third-order valence-electron chi connectivity index (χ3n) is 2.01. The van der Waals surface area contributed by atoms with Crippen LogP contribution in [0.15, 0.2) is 28.7 Å². The van der Waals surface area contributed by atoms with Crippen molar-refractivity contribution in [3.8, 4) is 0 Å². The second-order valence-electron chi connectivity index (χ2n) is 3.38. The Labute approximate surface area is 82.8 Å². The van der Waals surface area contributed by atoms with Crippen molar-refractivity contribution < 1.29 is 4.42 Å². The van der Waals surface area contributed by atoms with Crippen LogP contribution in [0, 0.1) is 13.8 Å². The third kappa shape index (κ3) is 1.99. The van der Waals surface area contributed by atoms with E-state index in [9.17, 15) is 0 Å². The van der Waals surface area contributed by atoms with E-state index in [-0.39, 0.29) is 0 Å². The Morgan fingerprint density at radius 2 is 2.07 bits per heavy atom. The van der Waals surface area contributed by atoms with Gasteiger partial charge in [-0.15, -0.1) is 10.2 Å². The molecule has 1 aromatic carbocycles. The minimum Gasteiger partial charge on any atom is -0.425 e. The third-order valence-corrected chi connectivity index (χ3v) is 2.01. The van der Waals surface area contributed by atoms with Gasteiger partial charge in [0.2, 0.25) is 11.8 Å². The van der Waals surface area contributed by atoms with Gasteiger partial charge in [0.05, 0.1) is 6.42 Å². The highest BCUT2D eigenvalue weighted by molar-refractivity contribution is 5.24. The summed E-state index contributed by atoms with van der Waals surface area (Å²) in [7, 11) is 0. The molecule has 3 nitrogen and oxygen atoms in total. The van der Waals surface area contributed by atoms with E-state index in [1.807, 2.05) is 6.07 Å². The van der Waals surface area contributed by atoms with Crippen LogP contribution >= 0.6 is 0 Å². The Bertz CT molecular complexity index is 434. The molecule has 0 aliphatic heterocycles. The maximum Gasteiger partial charge on any atom is 0.220 e. The van der Waals surface area contributed by atoms with Crippen molar-refractivity contribution in [1.29, 1.82) is 0 Å². The largest absolute Gasteiger partial charge is 0.425 e. The SMILES string of the molecule is Cc1cccc(Cc2nnc(C)o2)c1. The molecule has 2 rings (SSSR count). The van der Waals surface area contributed by atoms with Crippen LogP contribution < -0.4 is 0 Å². The molecule has 0 aliphatic rings. The zero-order chi connectivity index (χ0) is 9.97. The van der Waals surface area contributed by atoms with Crippen molar-refractivity contribution in [3.63, 3.8) is 0 Å². The molecule has 0 atom stereocenters. The summed E-state index contributed by atoms with van der Waals surface area (Å²) in [5.41, 5.74) is 2.45. The maximum atomic E-state index is 5.31. The van der Waals surface area contributed by atoms with Gasteiger partial charge in [-0.3, -0.25) is 0 Å². The van der Waals surface area contributed by atoms with Gasteiger partial charge in [0.25, 0.3) is 0 Å². The number of hydrogen-bond donors (Lipinski definition) is 0. The second kappa shape index (κ2) is 3.62. The molecule has 0 spiro atoms. The van der Waals surface area contributed by atoms with E-state index in [1.54, 1.807) is 6.92 Å². The number of nitrogens with zero attached hydrogens (tertiary/aromatic N) is 2. The predicted octanol–water partition coefficient (Wildman–Crippen LogP) is 2.28. The van der Waals surface area contributed by atoms with Gasteiger partial charge in [0.15, 0.2) is 0 Å². The molecule has 0 N–H and O–H groups in total. The van der Waals surface area contributed by atoms with Gasteiger partial charge >= 0.3 is 0 Å². The molecule has 0 unspecified atom stereocenters. The van der Waals surface area contributed by atoms with Crippen molar-refractivity contribution in [2.75, 3.05) is 0 Å². The lowest BCUT2D eigenvalue weighted by atomic mass is 10.1. The first-order valence-corrected chi connectivity index (χ1v) is 4.58. The Kier molecular flexibility index (Phi) is 2.31. The molecule has 1 heterocycles.